The van der Waals surface area contributed by atoms with Crippen LogP contribution >= 0.6 is 0 Å². The molecular weight excluding hydrogens is 380 g/mol. The van der Waals surface area contributed by atoms with Crippen LogP contribution in [0.3, 0.4) is 0 Å². The van der Waals surface area contributed by atoms with Gasteiger partial charge in [-0.15, -0.1) is 0 Å². The molecule has 2 N–H and O–H groups in total. The van der Waals surface area contributed by atoms with Crippen molar-refractivity contribution in [1.82, 2.24) is 20.0 Å². The molecule has 30 heavy (non-hydrogen) atoms. The number of hydrogen-bond acceptors (Lipinski definition) is 5. The van der Waals surface area contributed by atoms with Crippen LogP contribution in [0.4, 0.5) is 10.5 Å². The second-order valence-corrected chi connectivity index (χ2v) is 9.01. The van der Waals surface area contributed by atoms with Gasteiger partial charge in [0.2, 0.25) is 5.91 Å². The molecule has 8 nitrogen and oxygen atoms in total. The van der Waals surface area contributed by atoms with Crippen LogP contribution in [0.25, 0.3) is 0 Å². The van der Waals surface area contributed by atoms with Crippen molar-refractivity contribution in [3.8, 4) is 6.07 Å². The Morgan fingerprint density at radius 2 is 1.80 bits per heavy atom. The van der Waals surface area contributed by atoms with Crippen LogP contribution in [0.5, 0.6) is 0 Å². The normalized spacial score (nSPS) is 20.6. The topological polar surface area (TPSA) is 91.7 Å². The number of hydrogen-bond donors (Lipinski definition) is 2. The predicted molar refractivity (Wildman–Crippen MR) is 116 cm³/mol. The second-order valence-electron chi connectivity index (χ2n) is 9.01. The number of aryl methyl sites for hydroxylation is 1. The fourth-order valence-electron chi connectivity index (χ4n) is 3.94. The van der Waals surface area contributed by atoms with E-state index in [0.29, 0.717) is 44.0 Å². The number of rotatable bonds is 2. The lowest BCUT2D eigenvalue weighted by Crippen LogP contribution is -2.63. The third-order valence-electron chi connectivity index (χ3n) is 5.90. The summed E-state index contributed by atoms with van der Waals surface area (Å²) in [4.78, 5) is 31.5. The van der Waals surface area contributed by atoms with Gasteiger partial charge in [-0.2, -0.15) is 5.26 Å². The van der Waals surface area contributed by atoms with Gasteiger partial charge in [-0.1, -0.05) is 0 Å². The first-order valence-electron chi connectivity index (χ1n) is 10.5. The van der Waals surface area contributed by atoms with Gasteiger partial charge in [0.05, 0.1) is 17.7 Å². The molecule has 3 rings (SSSR count). The highest BCUT2D eigenvalue weighted by atomic mass is 16.2. The number of anilines is 1. The van der Waals surface area contributed by atoms with Crippen molar-refractivity contribution in [2.45, 2.75) is 39.3 Å². The number of nitriles is 1. The Morgan fingerprint density at radius 1 is 1.13 bits per heavy atom. The van der Waals surface area contributed by atoms with Gasteiger partial charge in [0.25, 0.3) is 0 Å². The molecule has 0 spiro atoms. The van der Waals surface area contributed by atoms with E-state index in [1.165, 1.54) is 0 Å². The minimum Gasteiger partial charge on any atom is -0.338 e. The molecule has 0 radical (unpaired) electrons. The van der Waals surface area contributed by atoms with Crippen LogP contribution in [-0.4, -0.2) is 84.0 Å². The van der Waals surface area contributed by atoms with Gasteiger partial charge in [-0.05, 0) is 51.5 Å². The standard InChI is InChI=1S/C22H32N6O2/c1-16-13-18(6-5-17(16)14-23)25-21(30)27-11-9-26(10-12-27)20(29)19-15-28(8-7-24-19)22(2,3)4/h5-6,13,19,24H,7-12,15H2,1-4H3,(H,25,30). The van der Waals surface area contributed by atoms with E-state index in [1.807, 2.05) is 11.8 Å². The van der Waals surface area contributed by atoms with E-state index in [4.69, 9.17) is 5.26 Å². The zero-order chi connectivity index (χ0) is 21.9. The lowest BCUT2D eigenvalue weighted by molar-refractivity contribution is -0.136. The number of amides is 3. The largest absolute Gasteiger partial charge is 0.338 e. The van der Waals surface area contributed by atoms with Gasteiger partial charge in [-0.25, -0.2) is 4.79 Å². The Bertz CT molecular complexity index is 833. The molecule has 162 valence electrons. The second kappa shape index (κ2) is 9.02. The summed E-state index contributed by atoms with van der Waals surface area (Å²) in [5, 5.41) is 15.3. The summed E-state index contributed by atoms with van der Waals surface area (Å²) in [5.74, 6) is 0.117. The molecule has 0 saturated carbocycles. The molecule has 1 aromatic rings. The number of carbonyl (C=O) groups excluding carboxylic acids is 2. The molecule has 1 aromatic carbocycles. The molecule has 1 atom stereocenters. The lowest BCUT2D eigenvalue weighted by Gasteiger charge is -2.43. The van der Waals surface area contributed by atoms with Crippen molar-refractivity contribution in [2.75, 3.05) is 51.1 Å². The molecule has 0 aromatic heterocycles. The minimum absolute atomic E-state index is 0.0429. The van der Waals surface area contributed by atoms with Gasteiger partial charge >= 0.3 is 6.03 Å². The van der Waals surface area contributed by atoms with Gasteiger partial charge in [0.15, 0.2) is 0 Å². The van der Waals surface area contributed by atoms with Crippen molar-refractivity contribution in [2.24, 2.45) is 0 Å². The van der Waals surface area contributed by atoms with Crippen molar-refractivity contribution in [3.63, 3.8) is 0 Å². The Balaban J connectivity index is 1.51. The molecule has 2 fully saturated rings. The van der Waals surface area contributed by atoms with E-state index in [9.17, 15) is 9.59 Å². The molecule has 3 amide bonds. The number of nitrogens with zero attached hydrogens (tertiary/aromatic N) is 4. The minimum atomic E-state index is -0.194. The van der Waals surface area contributed by atoms with Gasteiger partial charge in [-0.3, -0.25) is 9.69 Å². The molecule has 1 unspecified atom stereocenters. The highest BCUT2D eigenvalue weighted by Crippen LogP contribution is 2.18. The summed E-state index contributed by atoms with van der Waals surface area (Å²) in [6.07, 6.45) is 0. The van der Waals surface area contributed by atoms with Crippen molar-refractivity contribution >= 4 is 17.6 Å². The zero-order valence-electron chi connectivity index (χ0n) is 18.4. The molecular formula is C22H32N6O2. The molecule has 0 aliphatic carbocycles. The molecule has 2 heterocycles. The van der Waals surface area contributed by atoms with E-state index >= 15 is 0 Å². The van der Waals surface area contributed by atoms with Gasteiger partial charge in [0, 0.05) is 57.0 Å². The Labute approximate surface area is 178 Å². The summed E-state index contributed by atoms with van der Waals surface area (Å²) in [5.41, 5.74) is 2.14. The van der Waals surface area contributed by atoms with Crippen molar-refractivity contribution in [1.29, 1.82) is 5.26 Å². The predicted octanol–water partition coefficient (Wildman–Crippen LogP) is 1.62. The molecule has 0 bridgehead atoms. The summed E-state index contributed by atoms with van der Waals surface area (Å²) >= 11 is 0. The zero-order valence-corrected chi connectivity index (χ0v) is 18.4. The lowest BCUT2D eigenvalue weighted by atomic mass is 10.0. The van der Waals surface area contributed by atoms with Crippen LogP contribution in [0.2, 0.25) is 0 Å². The fourth-order valence-corrected chi connectivity index (χ4v) is 3.94. The van der Waals surface area contributed by atoms with Crippen LogP contribution < -0.4 is 10.6 Å². The summed E-state index contributed by atoms with van der Waals surface area (Å²) in [6.45, 7) is 12.9. The highest BCUT2D eigenvalue weighted by molar-refractivity contribution is 5.90. The quantitative estimate of drug-likeness (QED) is 0.770. The summed E-state index contributed by atoms with van der Waals surface area (Å²) in [7, 11) is 0. The van der Waals surface area contributed by atoms with E-state index in [-0.39, 0.29) is 23.5 Å². The maximum Gasteiger partial charge on any atom is 0.321 e. The molecule has 2 aliphatic rings. The number of urea groups is 1. The molecule has 2 aliphatic heterocycles. The summed E-state index contributed by atoms with van der Waals surface area (Å²) in [6, 6.07) is 6.99. The maximum atomic E-state index is 13.0. The van der Waals surface area contributed by atoms with Gasteiger partial charge < -0.3 is 20.4 Å². The smallest absolute Gasteiger partial charge is 0.321 e. The average molecular weight is 413 g/mol. The molecule has 8 heteroatoms. The number of piperazine rings is 2. The van der Waals surface area contributed by atoms with E-state index < -0.39 is 0 Å². The van der Waals surface area contributed by atoms with Crippen LogP contribution in [0.1, 0.15) is 31.9 Å². The first-order chi connectivity index (χ1) is 14.2. The number of benzene rings is 1. The van der Waals surface area contributed by atoms with Crippen LogP contribution in [-0.2, 0) is 4.79 Å². The Hall–Kier alpha value is -2.63. The summed E-state index contributed by atoms with van der Waals surface area (Å²) < 4.78 is 0. The Morgan fingerprint density at radius 3 is 2.40 bits per heavy atom. The monoisotopic (exact) mass is 412 g/mol. The van der Waals surface area contributed by atoms with E-state index in [2.05, 4.69) is 42.4 Å². The van der Waals surface area contributed by atoms with Crippen molar-refractivity contribution in [3.05, 3.63) is 29.3 Å². The van der Waals surface area contributed by atoms with E-state index in [0.717, 1.165) is 18.7 Å². The van der Waals surface area contributed by atoms with Crippen LogP contribution in [0, 0.1) is 18.3 Å². The van der Waals surface area contributed by atoms with E-state index in [1.54, 1.807) is 23.1 Å². The Kier molecular flexibility index (Phi) is 6.64. The first kappa shape index (κ1) is 22.1. The number of nitrogens with one attached hydrogen (secondary N) is 2. The highest BCUT2D eigenvalue weighted by Gasteiger charge is 2.34. The molecule has 2 saturated heterocycles. The average Bonchev–Trinajstić information content (AvgIpc) is 2.73. The van der Waals surface area contributed by atoms with Crippen molar-refractivity contribution < 1.29 is 9.59 Å². The van der Waals surface area contributed by atoms with Gasteiger partial charge in [0.1, 0.15) is 0 Å². The number of carbonyl (C=O) groups is 2. The first-order valence-corrected chi connectivity index (χ1v) is 10.5. The third-order valence-corrected chi connectivity index (χ3v) is 5.90. The SMILES string of the molecule is Cc1cc(NC(=O)N2CCN(C(=O)C3CN(C(C)(C)C)CCN3)CC2)ccc1C#N. The maximum absolute atomic E-state index is 13.0. The van der Waals surface area contributed by atoms with Crippen LogP contribution in [0.15, 0.2) is 18.2 Å². The third kappa shape index (κ3) is 5.10. The fraction of sp³-hybridized carbons (Fsp3) is 0.591.